The Balaban J connectivity index is 2.75. The van der Waals surface area contributed by atoms with E-state index in [0.717, 1.165) is 0 Å². The highest BCUT2D eigenvalue weighted by Crippen LogP contribution is 2.17. The average molecular weight is 227 g/mol. The molecule has 0 aromatic heterocycles. The first kappa shape index (κ1) is 9.79. The third-order valence-electron chi connectivity index (χ3n) is 2.11. The van der Waals surface area contributed by atoms with Crippen LogP contribution in [0.3, 0.4) is 0 Å². The van der Waals surface area contributed by atoms with Crippen molar-refractivity contribution >= 4 is 15.9 Å². The summed E-state index contributed by atoms with van der Waals surface area (Å²) in [7, 11) is 0. The molecule has 0 unspecified atom stereocenters. The van der Waals surface area contributed by atoms with Gasteiger partial charge < -0.3 is 0 Å². The molecule has 0 aliphatic rings. The van der Waals surface area contributed by atoms with Crippen molar-refractivity contribution in [3.05, 3.63) is 33.8 Å². The zero-order valence-corrected chi connectivity index (χ0v) is 9.32. The lowest BCUT2D eigenvalue weighted by Crippen LogP contribution is -1.88. The number of hydrogen-bond acceptors (Lipinski definition) is 0. The highest BCUT2D eigenvalue weighted by atomic mass is 79.9. The van der Waals surface area contributed by atoms with Crippen molar-refractivity contribution in [2.24, 2.45) is 0 Å². The molecule has 0 fully saturated rings. The summed E-state index contributed by atoms with van der Waals surface area (Å²) in [6.07, 6.45) is 3.77. The second kappa shape index (κ2) is 4.66. The molecule has 0 aliphatic heterocycles. The normalized spacial score (nSPS) is 10.2. The Morgan fingerprint density at radius 3 is 2.75 bits per heavy atom. The molecule has 0 atom stereocenters. The fourth-order valence-electron chi connectivity index (χ4n) is 1.28. The van der Waals surface area contributed by atoms with Gasteiger partial charge in [-0.2, -0.15) is 0 Å². The van der Waals surface area contributed by atoms with Crippen LogP contribution in [-0.2, 0) is 6.42 Å². The van der Waals surface area contributed by atoms with Gasteiger partial charge in [-0.3, -0.25) is 0 Å². The molecule has 0 heterocycles. The van der Waals surface area contributed by atoms with E-state index in [-0.39, 0.29) is 0 Å². The minimum Gasteiger partial charge on any atom is -0.0654 e. The van der Waals surface area contributed by atoms with Crippen molar-refractivity contribution in [1.82, 2.24) is 0 Å². The second-order valence-corrected chi connectivity index (χ2v) is 4.09. The molecular formula is C11H15Br. The van der Waals surface area contributed by atoms with Gasteiger partial charge in [0.25, 0.3) is 0 Å². The maximum atomic E-state index is 3.49. The van der Waals surface area contributed by atoms with E-state index in [9.17, 15) is 0 Å². The van der Waals surface area contributed by atoms with Gasteiger partial charge in [-0.05, 0) is 43.0 Å². The van der Waals surface area contributed by atoms with Crippen molar-refractivity contribution < 1.29 is 0 Å². The molecule has 0 amide bonds. The molecule has 0 N–H and O–H groups in total. The van der Waals surface area contributed by atoms with Gasteiger partial charge >= 0.3 is 0 Å². The van der Waals surface area contributed by atoms with Gasteiger partial charge in [-0.15, -0.1) is 0 Å². The highest BCUT2D eigenvalue weighted by Gasteiger charge is 1.97. The lowest BCUT2D eigenvalue weighted by atomic mass is 10.0. The first-order valence-electron chi connectivity index (χ1n) is 4.49. The highest BCUT2D eigenvalue weighted by molar-refractivity contribution is 9.10. The summed E-state index contributed by atoms with van der Waals surface area (Å²) in [5.74, 6) is 0. The number of halogens is 1. The first-order chi connectivity index (χ1) is 5.74. The van der Waals surface area contributed by atoms with Crippen LogP contribution < -0.4 is 0 Å². The van der Waals surface area contributed by atoms with Gasteiger partial charge in [-0.25, -0.2) is 0 Å². The van der Waals surface area contributed by atoms with Crippen LogP contribution >= 0.6 is 15.9 Å². The van der Waals surface area contributed by atoms with Crippen LogP contribution in [0.2, 0.25) is 0 Å². The van der Waals surface area contributed by atoms with Crippen molar-refractivity contribution in [2.75, 3.05) is 0 Å². The van der Waals surface area contributed by atoms with Crippen LogP contribution in [-0.4, -0.2) is 0 Å². The van der Waals surface area contributed by atoms with E-state index >= 15 is 0 Å². The van der Waals surface area contributed by atoms with Gasteiger partial charge in [0.2, 0.25) is 0 Å². The molecule has 1 aromatic rings. The molecule has 1 rings (SSSR count). The SMILES string of the molecule is CCCCc1cc(Br)ccc1C. The number of rotatable bonds is 3. The Labute approximate surface area is 83.1 Å². The van der Waals surface area contributed by atoms with Gasteiger partial charge in [0.1, 0.15) is 0 Å². The second-order valence-electron chi connectivity index (χ2n) is 3.17. The Morgan fingerprint density at radius 2 is 2.08 bits per heavy atom. The van der Waals surface area contributed by atoms with Crippen LogP contribution in [0.5, 0.6) is 0 Å². The van der Waals surface area contributed by atoms with E-state index in [0.29, 0.717) is 0 Å². The van der Waals surface area contributed by atoms with E-state index in [1.165, 1.54) is 34.9 Å². The largest absolute Gasteiger partial charge is 0.0654 e. The van der Waals surface area contributed by atoms with Gasteiger partial charge in [0.15, 0.2) is 0 Å². The zero-order chi connectivity index (χ0) is 8.97. The molecule has 1 heteroatoms. The number of aryl methyl sites for hydroxylation is 2. The standard InChI is InChI=1S/C11H15Br/c1-3-4-5-10-8-11(12)7-6-9(10)2/h6-8H,3-5H2,1-2H3. The average Bonchev–Trinajstić information content (AvgIpc) is 2.07. The molecule has 0 saturated heterocycles. The fraction of sp³-hybridized carbons (Fsp3) is 0.455. The minimum atomic E-state index is 1.19. The predicted octanol–water partition coefficient (Wildman–Crippen LogP) is 4.10. The van der Waals surface area contributed by atoms with E-state index in [2.05, 4.69) is 48.0 Å². The monoisotopic (exact) mass is 226 g/mol. The molecule has 0 radical (unpaired) electrons. The van der Waals surface area contributed by atoms with Crippen LogP contribution in [0.4, 0.5) is 0 Å². The predicted molar refractivity (Wildman–Crippen MR) is 57.5 cm³/mol. The van der Waals surface area contributed by atoms with Crippen molar-refractivity contribution in [3.8, 4) is 0 Å². The summed E-state index contributed by atoms with van der Waals surface area (Å²) in [5, 5.41) is 0. The third-order valence-corrected chi connectivity index (χ3v) is 2.60. The van der Waals surface area contributed by atoms with Crippen molar-refractivity contribution in [2.45, 2.75) is 33.1 Å². The molecule has 0 spiro atoms. The molecule has 12 heavy (non-hydrogen) atoms. The summed E-state index contributed by atoms with van der Waals surface area (Å²) < 4.78 is 1.19. The number of hydrogen-bond donors (Lipinski definition) is 0. The quantitative estimate of drug-likeness (QED) is 0.729. The summed E-state index contributed by atoms with van der Waals surface area (Å²) in [4.78, 5) is 0. The summed E-state index contributed by atoms with van der Waals surface area (Å²) in [6.45, 7) is 4.41. The van der Waals surface area contributed by atoms with Crippen LogP contribution in [0, 0.1) is 6.92 Å². The topological polar surface area (TPSA) is 0 Å². The maximum absolute atomic E-state index is 3.49. The van der Waals surface area contributed by atoms with Crippen molar-refractivity contribution in [3.63, 3.8) is 0 Å². The van der Waals surface area contributed by atoms with Gasteiger partial charge in [-0.1, -0.05) is 35.3 Å². The maximum Gasteiger partial charge on any atom is 0.0178 e. The Bertz CT molecular complexity index is 253. The van der Waals surface area contributed by atoms with Crippen LogP contribution in [0.1, 0.15) is 30.9 Å². The van der Waals surface area contributed by atoms with Crippen LogP contribution in [0.25, 0.3) is 0 Å². The Hall–Kier alpha value is -0.300. The van der Waals surface area contributed by atoms with Crippen molar-refractivity contribution in [1.29, 1.82) is 0 Å². The van der Waals surface area contributed by atoms with Gasteiger partial charge in [0.05, 0.1) is 0 Å². The minimum absolute atomic E-state index is 1.19. The summed E-state index contributed by atoms with van der Waals surface area (Å²) in [6, 6.07) is 6.50. The number of benzene rings is 1. The lowest BCUT2D eigenvalue weighted by molar-refractivity contribution is 0.791. The number of unbranched alkanes of at least 4 members (excludes halogenated alkanes) is 1. The summed E-state index contributed by atoms with van der Waals surface area (Å²) in [5.41, 5.74) is 2.89. The molecule has 0 bridgehead atoms. The Morgan fingerprint density at radius 1 is 1.33 bits per heavy atom. The molecule has 0 aliphatic carbocycles. The lowest BCUT2D eigenvalue weighted by Gasteiger charge is -2.04. The van der Waals surface area contributed by atoms with E-state index in [4.69, 9.17) is 0 Å². The zero-order valence-electron chi connectivity index (χ0n) is 7.73. The van der Waals surface area contributed by atoms with E-state index in [1.54, 1.807) is 0 Å². The van der Waals surface area contributed by atoms with E-state index < -0.39 is 0 Å². The fourth-order valence-corrected chi connectivity index (χ4v) is 1.69. The van der Waals surface area contributed by atoms with E-state index in [1.807, 2.05) is 0 Å². The van der Waals surface area contributed by atoms with Gasteiger partial charge in [0, 0.05) is 4.47 Å². The third kappa shape index (κ3) is 2.63. The molecule has 0 nitrogen and oxygen atoms in total. The smallest absolute Gasteiger partial charge is 0.0178 e. The van der Waals surface area contributed by atoms with Crippen LogP contribution in [0.15, 0.2) is 22.7 Å². The Kier molecular flexibility index (Phi) is 3.80. The summed E-state index contributed by atoms with van der Waals surface area (Å²) >= 11 is 3.49. The molecule has 66 valence electrons. The first-order valence-corrected chi connectivity index (χ1v) is 5.28. The molecule has 1 aromatic carbocycles. The molecular weight excluding hydrogens is 212 g/mol. The molecule has 0 saturated carbocycles.